The fourth-order valence-corrected chi connectivity index (χ4v) is 4.18. The third-order valence-electron chi connectivity index (χ3n) is 2.43. The molecule has 1 aromatic heterocycles. The lowest BCUT2D eigenvalue weighted by Crippen LogP contribution is -2.07. The lowest BCUT2D eigenvalue weighted by atomic mass is 10.3. The predicted octanol–water partition coefficient (Wildman–Crippen LogP) is 2.70. The van der Waals surface area contributed by atoms with Crippen LogP contribution in [-0.4, -0.2) is 19.5 Å². The average molecular weight is 318 g/mol. The molecular formula is C12H8F2O4S2. The summed E-state index contributed by atoms with van der Waals surface area (Å²) in [5.41, 5.74) is 0. The Labute approximate surface area is 117 Å². The molecule has 0 atom stereocenters. The molecule has 0 aliphatic heterocycles. The van der Waals surface area contributed by atoms with Gasteiger partial charge in [-0.1, -0.05) is 0 Å². The Balaban J connectivity index is 2.35. The summed E-state index contributed by atoms with van der Waals surface area (Å²) in [6, 6.07) is 4.76. The number of halogens is 2. The minimum Gasteiger partial charge on any atom is -0.477 e. The highest BCUT2D eigenvalue weighted by atomic mass is 32.2. The van der Waals surface area contributed by atoms with Crippen LogP contribution in [0.25, 0.3) is 0 Å². The first kappa shape index (κ1) is 14.6. The number of hydrogen-bond acceptors (Lipinski definition) is 4. The van der Waals surface area contributed by atoms with Gasteiger partial charge in [-0.05, 0) is 30.3 Å². The highest BCUT2D eigenvalue weighted by Crippen LogP contribution is 2.24. The van der Waals surface area contributed by atoms with Gasteiger partial charge >= 0.3 is 5.97 Å². The highest BCUT2D eigenvalue weighted by Gasteiger charge is 2.22. The minimum absolute atomic E-state index is 0.0186. The number of aromatic carboxylic acids is 1. The maximum Gasteiger partial charge on any atom is 0.345 e. The fraction of sp³-hybridized carbons (Fsp3) is 0.0833. The number of carbonyl (C=O) groups is 1. The van der Waals surface area contributed by atoms with Crippen molar-refractivity contribution in [3.63, 3.8) is 0 Å². The Morgan fingerprint density at radius 2 is 1.90 bits per heavy atom. The fourth-order valence-electron chi connectivity index (χ4n) is 1.55. The number of rotatable bonds is 4. The van der Waals surface area contributed by atoms with Crippen LogP contribution in [0.15, 0.2) is 35.2 Å². The molecule has 0 amide bonds. The Morgan fingerprint density at radius 1 is 1.20 bits per heavy atom. The zero-order valence-electron chi connectivity index (χ0n) is 9.84. The maximum absolute atomic E-state index is 13.5. The van der Waals surface area contributed by atoms with E-state index >= 15 is 0 Å². The van der Waals surface area contributed by atoms with Gasteiger partial charge < -0.3 is 5.11 Å². The summed E-state index contributed by atoms with van der Waals surface area (Å²) < 4.78 is 50.5. The van der Waals surface area contributed by atoms with Crippen molar-refractivity contribution in [3.05, 3.63) is 51.7 Å². The quantitative estimate of drug-likeness (QED) is 0.941. The second-order valence-corrected chi connectivity index (χ2v) is 7.03. The first-order valence-electron chi connectivity index (χ1n) is 5.29. The van der Waals surface area contributed by atoms with E-state index in [1.54, 1.807) is 0 Å². The summed E-state index contributed by atoms with van der Waals surface area (Å²) in [4.78, 5) is 10.2. The Kier molecular flexibility index (Phi) is 3.87. The lowest BCUT2D eigenvalue weighted by molar-refractivity contribution is 0.0702. The first-order valence-corrected chi connectivity index (χ1v) is 7.76. The van der Waals surface area contributed by atoms with E-state index in [1.165, 1.54) is 12.1 Å². The second kappa shape index (κ2) is 5.29. The summed E-state index contributed by atoms with van der Waals surface area (Å²) in [5, 5.41) is 8.75. The minimum atomic E-state index is -4.08. The molecule has 0 saturated heterocycles. The summed E-state index contributed by atoms with van der Waals surface area (Å²) in [6.07, 6.45) is 0. The molecule has 0 fully saturated rings. The molecule has 0 spiro atoms. The summed E-state index contributed by atoms with van der Waals surface area (Å²) in [7, 11) is -4.08. The van der Waals surface area contributed by atoms with Crippen LogP contribution >= 0.6 is 11.3 Å². The number of carboxylic acids is 1. The maximum atomic E-state index is 13.5. The molecule has 20 heavy (non-hydrogen) atoms. The highest BCUT2D eigenvalue weighted by molar-refractivity contribution is 7.90. The van der Waals surface area contributed by atoms with E-state index < -0.39 is 38.1 Å². The molecule has 2 aromatic rings. The van der Waals surface area contributed by atoms with Crippen LogP contribution in [0.5, 0.6) is 0 Å². The average Bonchev–Trinajstić information content (AvgIpc) is 2.80. The molecule has 0 unspecified atom stereocenters. The van der Waals surface area contributed by atoms with Crippen molar-refractivity contribution in [2.75, 3.05) is 0 Å². The molecule has 1 aromatic carbocycles. The molecule has 106 valence electrons. The van der Waals surface area contributed by atoms with Crippen molar-refractivity contribution in [2.45, 2.75) is 10.6 Å². The van der Waals surface area contributed by atoms with E-state index in [0.717, 1.165) is 23.5 Å². The van der Waals surface area contributed by atoms with E-state index in [-0.39, 0.29) is 9.75 Å². The molecule has 1 heterocycles. The number of hydrogen-bond donors (Lipinski definition) is 1. The van der Waals surface area contributed by atoms with Gasteiger partial charge in [0, 0.05) is 4.88 Å². The number of benzene rings is 1. The Morgan fingerprint density at radius 3 is 2.50 bits per heavy atom. The lowest BCUT2D eigenvalue weighted by Gasteiger charge is -2.04. The largest absolute Gasteiger partial charge is 0.477 e. The van der Waals surface area contributed by atoms with E-state index in [4.69, 9.17) is 5.11 Å². The summed E-state index contributed by atoms with van der Waals surface area (Å²) >= 11 is 0.778. The van der Waals surface area contributed by atoms with Crippen LogP contribution in [-0.2, 0) is 15.6 Å². The smallest absolute Gasteiger partial charge is 0.345 e. The van der Waals surface area contributed by atoms with Crippen LogP contribution < -0.4 is 0 Å². The normalized spacial score (nSPS) is 11.5. The molecular weight excluding hydrogens is 310 g/mol. The SMILES string of the molecule is O=C(O)c1ccc(CS(=O)(=O)c2cc(F)ccc2F)s1. The Hall–Kier alpha value is -1.80. The third-order valence-corrected chi connectivity index (χ3v) is 5.36. The molecule has 0 aliphatic rings. The zero-order valence-corrected chi connectivity index (χ0v) is 11.5. The molecule has 2 rings (SSSR count). The van der Waals surface area contributed by atoms with Gasteiger partial charge in [0.25, 0.3) is 0 Å². The number of thiophene rings is 1. The van der Waals surface area contributed by atoms with Crippen LogP contribution in [0.1, 0.15) is 14.5 Å². The van der Waals surface area contributed by atoms with Crippen molar-refractivity contribution in [1.82, 2.24) is 0 Å². The van der Waals surface area contributed by atoms with Gasteiger partial charge in [-0.3, -0.25) is 0 Å². The van der Waals surface area contributed by atoms with Gasteiger partial charge in [0.05, 0.1) is 5.75 Å². The van der Waals surface area contributed by atoms with Gasteiger partial charge in [0.15, 0.2) is 9.84 Å². The van der Waals surface area contributed by atoms with E-state index in [0.29, 0.717) is 6.07 Å². The predicted molar refractivity (Wildman–Crippen MR) is 68.5 cm³/mol. The van der Waals surface area contributed by atoms with Crippen molar-refractivity contribution < 1.29 is 27.1 Å². The standard InChI is InChI=1S/C12H8F2O4S2/c13-7-1-3-9(14)11(5-7)20(17,18)6-8-2-4-10(19-8)12(15)16/h1-5H,6H2,(H,15,16). The van der Waals surface area contributed by atoms with E-state index in [1.807, 2.05) is 0 Å². The summed E-state index contributed by atoms with van der Waals surface area (Å²) in [6.45, 7) is 0. The van der Waals surface area contributed by atoms with Crippen molar-refractivity contribution in [2.24, 2.45) is 0 Å². The topological polar surface area (TPSA) is 71.4 Å². The molecule has 0 bridgehead atoms. The monoisotopic (exact) mass is 318 g/mol. The molecule has 0 radical (unpaired) electrons. The number of carboxylic acid groups (broad SMARTS) is 1. The van der Waals surface area contributed by atoms with Crippen molar-refractivity contribution in [1.29, 1.82) is 0 Å². The van der Waals surface area contributed by atoms with Crippen LogP contribution in [0.4, 0.5) is 8.78 Å². The zero-order chi connectivity index (χ0) is 14.9. The molecule has 8 heteroatoms. The number of sulfone groups is 1. The third kappa shape index (κ3) is 3.02. The molecule has 4 nitrogen and oxygen atoms in total. The van der Waals surface area contributed by atoms with E-state index in [9.17, 15) is 22.0 Å². The first-order chi connectivity index (χ1) is 9.29. The Bertz CT molecular complexity index is 766. The van der Waals surface area contributed by atoms with Gasteiger partial charge in [-0.25, -0.2) is 22.0 Å². The molecule has 1 N–H and O–H groups in total. The summed E-state index contributed by atoms with van der Waals surface area (Å²) in [5.74, 6) is -3.65. The van der Waals surface area contributed by atoms with Crippen LogP contribution in [0.2, 0.25) is 0 Å². The van der Waals surface area contributed by atoms with Crippen LogP contribution in [0, 0.1) is 11.6 Å². The molecule has 0 saturated carbocycles. The van der Waals surface area contributed by atoms with Gasteiger partial charge in [0.1, 0.15) is 21.4 Å². The second-order valence-electron chi connectivity index (χ2n) is 3.90. The van der Waals surface area contributed by atoms with Crippen molar-refractivity contribution in [3.8, 4) is 0 Å². The van der Waals surface area contributed by atoms with E-state index in [2.05, 4.69) is 0 Å². The van der Waals surface area contributed by atoms with Gasteiger partial charge in [-0.2, -0.15) is 0 Å². The molecule has 0 aliphatic carbocycles. The van der Waals surface area contributed by atoms with Gasteiger partial charge in [0.2, 0.25) is 0 Å². The van der Waals surface area contributed by atoms with Crippen LogP contribution in [0.3, 0.4) is 0 Å². The van der Waals surface area contributed by atoms with Gasteiger partial charge in [-0.15, -0.1) is 11.3 Å². The van der Waals surface area contributed by atoms with Crippen molar-refractivity contribution >= 4 is 27.1 Å².